The summed E-state index contributed by atoms with van der Waals surface area (Å²) in [7, 11) is 0. The lowest BCUT2D eigenvalue weighted by Crippen LogP contribution is -2.27. The standard InChI is InChI=1S/C17H19FN2O/c1-12(17(21)16-7-6-15(18)8-19-16)9-20-10-13-4-2-3-5-14(13)11-20/h2-8,12,17,21H,9-11H2,1H3. The summed E-state index contributed by atoms with van der Waals surface area (Å²) in [6.07, 6.45) is 0.478. The predicted molar refractivity (Wildman–Crippen MR) is 78.9 cm³/mol. The number of halogens is 1. The second-order valence-electron chi connectivity index (χ2n) is 5.76. The Labute approximate surface area is 124 Å². The van der Waals surface area contributed by atoms with Crippen molar-refractivity contribution < 1.29 is 9.50 Å². The highest BCUT2D eigenvalue weighted by Crippen LogP contribution is 2.26. The molecule has 4 heteroatoms. The van der Waals surface area contributed by atoms with Crippen molar-refractivity contribution in [3.63, 3.8) is 0 Å². The minimum Gasteiger partial charge on any atom is -0.386 e. The Bertz CT molecular complexity index is 589. The molecule has 2 atom stereocenters. The van der Waals surface area contributed by atoms with Crippen LogP contribution in [0.1, 0.15) is 29.8 Å². The van der Waals surface area contributed by atoms with Gasteiger partial charge in [-0.1, -0.05) is 31.2 Å². The number of hydrogen-bond donors (Lipinski definition) is 1. The number of aliphatic hydroxyl groups excluding tert-OH is 1. The van der Waals surface area contributed by atoms with Gasteiger partial charge in [-0.3, -0.25) is 9.88 Å². The molecule has 3 rings (SSSR count). The maximum Gasteiger partial charge on any atom is 0.141 e. The molecule has 2 unspecified atom stereocenters. The number of aliphatic hydroxyl groups is 1. The highest BCUT2D eigenvalue weighted by atomic mass is 19.1. The zero-order valence-corrected chi connectivity index (χ0v) is 12.0. The van der Waals surface area contributed by atoms with Crippen LogP contribution >= 0.6 is 0 Å². The van der Waals surface area contributed by atoms with Gasteiger partial charge in [-0.2, -0.15) is 0 Å². The van der Waals surface area contributed by atoms with E-state index < -0.39 is 6.10 Å². The Kier molecular flexibility index (Phi) is 3.99. The molecule has 0 amide bonds. The largest absolute Gasteiger partial charge is 0.386 e. The summed E-state index contributed by atoms with van der Waals surface area (Å²) in [5, 5.41) is 10.3. The van der Waals surface area contributed by atoms with Crippen LogP contribution < -0.4 is 0 Å². The first-order chi connectivity index (χ1) is 10.1. The average Bonchev–Trinajstić information content (AvgIpc) is 2.89. The first kappa shape index (κ1) is 14.2. The molecule has 0 bridgehead atoms. The lowest BCUT2D eigenvalue weighted by Gasteiger charge is -2.24. The van der Waals surface area contributed by atoms with E-state index in [4.69, 9.17) is 0 Å². The third-order valence-electron chi connectivity index (χ3n) is 4.04. The van der Waals surface area contributed by atoms with E-state index in [2.05, 4.69) is 34.1 Å². The van der Waals surface area contributed by atoms with Gasteiger partial charge in [-0.25, -0.2) is 4.39 Å². The van der Waals surface area contributed by atoms with Gasteiger partial charge in [0.2, 0.25) is 0 Å². The molecule has 110 valence electrons. The van der Waals surface area contributed by atoms with Gasteiger partial charge < -0.3 is 5.11 Å². The van der Waals surface area contributed by atoms with Crippen LogP contribution in [0.5, 0.6) is 0 Å². The summed E-state index contributed by atoms with van der Waals surface area (Å²) in [5.41, 5.74) is 3.25. The third kappa shape index (κ3) is 3.12. The van der Waals surface area contributed by atoms with Gasteiger partial charge in [0.05, 0.1) is 18.0 Å². The topological polar surface area (TPSA) is 36.4 Å². The maximum atomic E-state index is 12.9. The van der Waals surface area contributed by atoms with Crippen LogP contribution in [0.3, 0.4) is 0 Å². The second-order valence-corrected chi connectivity index (χ2v) is 5.76. The number of pyridine rings is 1. The molecule has 0 spiro atoms. The molecule has 1 N–H and O–H groups in total. The van der Waals surface area contributed by atoms with Gasteiger partial charge in [-0.15, -0.1) is 0 Å². The highest BCUT2D eigenvalue weighted by Gasteiger charge is 2.24. The van der Waals surface area contributed by atoms with Crippen LogP contribution in [-0.4, -0.2) is 21.5 Å². The van der Waals surface area contributed by atoms with E-state index in [0.717, 1.165) is 25.8 Å². The van der Waals surface area contributed by atoms with Crippen molar-refractivity contribution in [2.24, 2.45) is 5.92 Å². The maximum absolute atomic E-state index is 12.9. The van der Waals surface area contributed by atoms with E-state index in [1.54, 1.807) is 6.07 Å². The molecule has 1 aromatic carbocycles. The van der Waals surface area contributed by atoms with Crippen molar-refractivity contribution in [1.29, 1.82) is 0 Å². The van der Waals surface area contributed by atoms with E-state index in [9.17, 15) is 9.50 Å². The summed E-state index contributed by atoms with van der Waals surface area (Å²) in [4.78, 5) is 6.29. The van der Waals surface area contributed by atoms with Crippen molar-refractivity contribution in [3.05, 3.63) is 65.2 Å². The molecular weight excluding hydrogens is 267 g/mol. The Morgan fingerprint density at radius 2 is 1.86 bits per heavy atom. The first-order valence-electron chi connectivity index (χ1n) is 7.22. The normalized spacial score (nSPS) is 17.5. The molecule has 21 heavy (non-hydrogen) atoms. The van der Waals surface area contributed by atoms with Gasteiger partial charge >= 0.3 is 0 Å². The number of hydrogen-bond acceptors (Lipinski definition) is 3. The fourth-order valence-corrected chi connectivity index (χ4v) is 2.89. The number of fused-ring (bicyclic) bond motifs is 1. The van der Waals surface area contributed by atoms with Crippen LogP contribution in [0.2, 0.25) is 0 Å². The highest BCUT2D eigenvalue weighted by molar-refractivity contribution is 5.30. The molecule has 2 aromatic rings. The first-order valence-corrected chi connectivity index (χ1v) is 7.22. The van der Waals surface area contributed by atoms with E-state index in [1.165, 1.54) is 17.2 Å². The molecule has 0 radical (unpaired) electrons. The van der Waals surface area contributed by atoms with Crippen molar-refractivity contribution in [3.8, 4) is 0 Å². The molecule has 1 aromatic heterocycles. The quantitative estimate of drug-likeness (QED) is 0.939. The van der Waals surface area contributed by atoms with Crippen LogP contribution in [0, 0.1) is 11.7 Å². The second kappa shape index (κ2) is 5.92. The summed E-state index contributed by atoms with van der Waals surface area (Å²) in [6.45, 7) is 4.63. The summed E-state index contributed by atoms with van der Waals surface area (Å²) >= 11 is 0. The van der Waals surface area contributed by atoms with Crippen molar-refractivity contribution in [2.45, 2.75) is 26.1 Å². The lowest BCUT2D eigenvalue weighted by atomic mass is 10.0. The molecular formula is C17H19FN2O. The van der Waals surface area contributed by atoms with Crippen LogP contribution in [0.25, 0.3) is 0 Å². The zero-order chi connectivity index (χ0) is 14.8. The predicted octanol–water partition coefficient (Wildman–Crippen LogP) is 2.91. The molecule has 1 aliphatic rings. The van der Waals surface area contributed by atoms with Crippen molar-refractivity contribution in [2.75, 3.05) is 6.54 Å². The smallest absolute Gasteiger partial charge is 0.141 e. The number of rotatable bonds is 4. The van der Waals surface area contributed by atoms with Crippen LogP contribution in [-0.2, 0) is 13.1 Å². The fraction of sp³-hybridized carbons (Fsp3) is 0.353. The van der Waals surface area contributed by atoms with Gasteiger partial charge in [0.25, 0.3) is 0 Å². The Hall–Kier alpha value is -1.78. The number of benzene rings is 1. The third-order valence-corrected chi connectivity index (χ3v) is 4.04. The Morgan fingerprint density at radius 1 is 1.19 bits per heavy atom. The summed E-state index contributed by atoms with van der Waals surface area (Å²) in [5.74, 6) is -0.342. The molecule has 1 aliphatic heterocycles. The molecule has 0 saturated carbocycles. The molecule has 3 nitrogen and oxygen atoms in total. The van der Waals surface area contributed by atoms with E-state index in [0.29, 0.717) is 5.69 Å². The summed E-state index contributed by atoms with van der Waals surface area (Å²) < 4.78 is 12.9. The van der Waals surface area contributed by atoms with Gasteiger partial charge in [0, 0.05) is 25.6 Å². The SMILES string of the molecule is CC(CN1Cc2ccccc2C1)C(O)c1ccc(F)cn1. The van der Waals surface area contributed by atoms with Crippen molar-refractivity contribution in [1.82, 2.24) is 9.88 Å². The average molecular weight is 286 g/mol. The van der Waals surface area contributed by atoms with Crippen molar-refractivity contribution >= 4 is 0 Å². The number of aromatic nitrogens is 1. The Morgan fingerprint density at radius 3 is 2.43 bits per heavy atom. The minimum atomic E-state index is -0.672. The minimum absolute atomic E-state index is 0.0391. The van der Waals surface area contributed by atoms with Gasteiger partial charge in [0.15, 0.2) is 0 Å². The Balaban J connectivity index is 1.62. The van der Waals surface area contributed by atoms with Crippen LogP contribution in [0.4, 0.5) is 4.39 Å². The zero-order valence-electron chi connectivity index (χ0n) is 12.0. The van der Waals surface area contributed by atoms with Crippen LogP contribution in [0.15, 0.2) is 42.6 Å². The van der Waals surface area contributed by atoms with Gasteiger partial charge in [0.1, 0.15) is 5.82 Å². The number of nitrogens with zero attached hydrogens (tertiary/aromatic N) is 2. The van der Waals surface area contributed by atoms with Gasteiger partial charge in [-0.05, 0) is 23.3 Å². The lowest BCUT2D eigenvalue weighted by molar-refractivity contribution is 0.0839. The molecule has 0 saturated heterocycles. The summed E-state index contributed by atoms with van der Waals surface area (Å²) in [6, 6.07) is 11.3. The monoisotopic (exact) mass is 286 g/mol. The fourth-order valence-electron chi connectivity index (χ4n) is 2.89. The van der Waals surface area contributed by atoms with E-state index >= 15 is 0 Å². The van der Waals surface area contributed by atoms with E-state index in [-0.39, 0.29) is 11.7 Å². The molecule has 2 heterocycles. The van der Waals surface area contributed by atoms with E-state index in [1.807, 2.05) is 6.92 Å². The molecule has 0 aliphatic carbocycles. The molecule has 0 fully saturated rings.